The molecule has 7 heteroatoms. The fraction of sp³-hybridized carbons (Fsp3) is 0.154. The predicted octanol–water partition coefficient (Wildman–Crippen LogP) is 2.63. The predicted molar refractivity (Wildman–Crippen MR) is 78.0 cm³/mol. The zero-order valence-electron chi connectivity index (χ0n) is 10.8. The van der Waals surface area contributed by atoms with Crippen molar-refractivity contribution < 1.29 is 17.9 Å². The fourth-order valence-electron chi connectivity index (χ4n) is 1.88. The Labute approximate surface area is 120 Å². The zero-order chi connectivity index (χ0) is 14.3. The van der Waals surface area contributed by atoms with Crippen LogP contribution in [-0.2, 0) is 14.6 Å². The van der Waals surface area contributed by atoms with Gasteiger partial charge in [-0.2, -0.15) is 0 Å². The van der Waals surface area contributed by atoms with E-state index < -0.39 is 9.84 Å². The van der Waals surface area contributed by atoms with Gasteiger partial charge in [-0.25, -0.2) is 13.4 Å². The van der Waals surface area contributed by atoms with E-state index in [0.717, 1.165) is 4.90 Å². The molecule has 2 heterocycles. The van der Waals surface area contributed by atoms with Crippen LogP contribution in [0.2, 0.25) is 0 Å². The van der Waals surface area contributed by atoms with Crippen molar-refractivity contribution in [2.24, 2.45) is 4.99 Å². The number of methoxy groups -OCH3 is 1. The third-order valence-electron chi connectivity index (χ3n) is 2.82. The highest BCUT2D eigenvalue weighted by Crippen LogP contribution is 2.45. The van der Waals surface area contributed by atoms with Crippen molar-refractivity contribution in [2.75, 3.05) is 13.4 Å². The first-order valence-electron chi connectivity index (χ1n) is 5.71. The molecule has 2 aliphatic rings. The standard InChI is InChI=1S/C13H11NO4S2/c1-17-8-3-4-10-9(7-8)14-13-12(19-10)11(5-6-18-13)20(2,15)16/h3-7H,1-2H3. The van der Waals surface area contributed by atoms with Crippen LogP contribution < -0.4 is 4.74 Å². The minimum absolute atomic E-state index is 0.231. The number of sulfone groups is 1. The van der Waals surface area contributed by atoms with Crippen molar-refractivity contribution in [1.29, 1.82) is 0 Å². The first-order chi connectivity index (χ1) is 9.49. The first kappa shape index (κ1) is 13.3. The van der Waals surface area contributed by atoms with Gasteiger partial charge in [0.05, 0.1) is 28.9 Å². The summed E-state index contributed by atoms with van der Waals surface area (Å²) in [4.78, 5) is 5.98. The van der Waals surface area contributed by atoms with Gasteiger partial charge in [0.25, 0.3) is 0 Å². The molecule has 104 valence electrons. The molecule has 1 aromatic carbocycles. The van der Waals surface area contributed by atoms with Gasteiger partial charge in [0.2, 0.25) is 5.90 Å². The lowest BCUT2D eigenvalue weighted by Crippen LogP contribution is -2.15. The summed E-state index contributed by atoms with van der Waals surface area (Å²) in [6.45, 7) is 0. The summed E-state index contributed by atoms with van der Waals surface area (Å²) in [7, 11) is -1.74. The van der Waals surface area contributed by atoms with Gasteiger partial charge in [-0.1, -0.05) is 11.8 Å². The molecule has 2 aliphatic heterocycles. The van der Waals surface area contributed by atoms with Gasteiger partial charge in [-0.05, 0) is 18.2 Å². The second-order valence-electron chi connectivity index (χ2n) is 4.24. The number of aliphatic imine (C=N–C) groups is 1. The van der Waals surface area contributed by atoms with Crippen LogP contribution >= 0.6 is 11.8 Å². The molecule has 0 spiro atoms. The van der Waals surface area contributed by atoms with Crippen molar-refractivity contribution in [1.82, 2.24) is 0 Å². The van der Waals surface area contributed by atoms with Gasteiger partial charge < -0.3 is 9.47 Å². The summed E-state index contributed by atoms with van der Waals surface area (Å²) in [6.07, 6.45) is 3.96. The minimum Gasteiger partial charge on any atom is -0.497 e. The summed E-state index contributed by atoms with van der Waals surface area (Å²) in [5, 5.41) is 0. The number of fused-ring (bicyclic) bond motifs is 2. The lowest BCUT2D eigenvalue weighted by atomic mass is 10.3. The van der Waals surface area contributed by atoms with Crippen LogP contribution in [0.4, 0.5) is 5.69 Å². The molecule has 0 saturated carbocycles. The number of ether oxygens (including phenoxy) is 2. The SMILES string of the molecule is COc1ccc2c(c1)N=C1OC=CC(S(C)(=O)=O)=C1S2. The maximum atomic E-state index is 11.8. The Morgan fingerprint density at radius 3 is 2.85 bits per heavy atom. The van der Waals surface area contributed by atoms with Gasteiger partial charge in [-0.15, -0.1) is 0 Å². The van der Waals surface area contributed by atoms with Crippen LogP contribution in [-0.4, -0.2) is 27.7 Å². The zero-order valence-corrected chi connectivity index (χ0v) is 12.4. The largest absolute Gasteiger partial charge is 0.497 e. The summed E-state index contributed by atoms with van der Waals surface area (Å²) in [5.74, 6) is 0.995. The van der Waals surface area contributed by atoms with E-state index in [-0.39, 0.29) is 4.91 Å². The molecule has 0 amide bonds. The third kappa shape index (κ3) is 2.23. The minimum atomic E-state index is -3.33. The molecule has 0 aromatic heterocycles. The second-order valence-corrected chi connectivity index (χ2v) is 7.28. The number of nitrogens with zero attached hydrogens (tertiary/aromatic N) is 1. The Kier molecular flexibility index (Phi) is 3.10. The van der Waals surface area contributed by atoms with E-state index in [0.29, 0.717) is 22.2 Å². The van der Waals surface area contributed by atoms with Crippen LogP contribution in [0.5, 0.6) is 5.75 Å². The molecule has 0 atom stereocenters. The van der Waals surface area contributed by atoms with Crippen LogP contribution in [0.3, 0.4) is 0 Å². The molecule has 0 N–H and O–H groups in total. The smallest absolute Gasteiger partial charge is 0.234 e. The lowest BCUT2D eigenvalue weighted by Gasteiger charge is -2.21. The van der Waals surface area contributed by atoms with Crippen LogP contribution in [0.15, 0.2) is 50.2 Å². The average Bonchev–Trinajstić information content (AvgIpc) is 2.42. The molecule has 0 saturated heterocycles. The average molecular weight is 309 g/mol. The topological polar surface area (TPSA) is 65.0 Å². The molecule has 20 heavy (non-hydrogen) atoms. The highest BCUT2D eigenvalue weighted by atomic mass is 32.2. The molecule has 0 bridgehead atoms. The Morgan fingerprint density at radius 1 is 1.35 bits per heavy atom. The number of hydrogen-bond acceptors (Lipinski definition) is 6. The highest BCUT2D eigenvalue weighted by Gasteiger charge is 2.28. The Balaban J connectivity index is 2.17. The van der Waals surface area contributed by atoms with Gasteiger partial charge in [0.15, 0.2) is 9.84 Å². The van der Waals surface area contributed by atoms with Crippen molar-refractivity contribution in [3.63, 3.8) is 0 Å². The lowest BCUT2D eigenvalue weighted by molar-refractivity contribution is 0.414. The second kappa shape index (κ2) is 4.68. The van der Waals surface area contributed by atoms with E-state index >= 15 is 0 Å². The quantitative estimate of drug-likeness (QED) is 0.840. The molecule has 0 fully saturated rings. The first-order valence-corrected chi connectivity index (χ1v) is 8.42. The summed E-state index contributed by atoms with van der Waals surface area (Å²) < 4.78 is 34.1. The van der Waals surface area contributed by atoms with E-state index in [2.05, 4.69) is 4.99 Å². The van der Waals surface area contributed by atoms with Crippen molar-refractivity contribution in [3.05, 3.63) is 40.3 Å². The van der Waals surface area contributed by atoms with E-state index in [1.807, 2.05) is 12.1 Å². The Hall–Kier alpha value is -1.73. The molecule has 5 nitrogen and oxygen atoms in total. The van der Waals surface area contributed by atoms with Crippen LogP contribution in [0.25, 0.3) is 0 Å². The number of rotatable bonds is 2. The molecule has 1 aromatic rings. The maximum Gasteiger partial charge on any atom is 0.234 e. The molecule has 0 radical (unpaired) electrons. The van der Waals surface area contributed by atoms with E-state index in [4.69, 9.17) is 9.47 Å². The van der Waals surface area contributed by atoms with E-state index in [1.54, 1.807) is 13.2 Å². The molecule has 3 rings (SSSR count). The van der Waals surface area contributed by atoms with Crippen molar-refractivity contribution in [3.8, 4) is 5.75 Å². The monoisotopic (exact) mass is 309 g/mol. The van der Waals surface area contributed by atoms with Crippen LogP contribution in [0, 0.1) is 0 Å². The number of allylic oxidation sites excluding steroid dienone is 1. The highest BCUT2D eigenvalue weighted by molar-refractivity contribution is 8.05. The number of thioether (sulfide) groups is 1. The number of benzene rings is 1. The summed E-state index contributed by atoms with van der Waals surface area (Å²) in [6, 6.07) is 5.45. The van der Waals surface area contributed by atoms with E-state index in [9.17, 15) is 8.42 Å². The van der Waals surface area contributed by atoms with Gasteiger partial charge >= 0.3 is 0 Å². The molecule has 0 unspecified atom stereocenters. The molecular formula is C13H11NO4S2. The molecular weight excluding hydrogens is 298 g/mol. The van der Waals surface area contributed by atoms with Crippen molar-refractivity contribution >= 4 is 33.2 Å². The summed E-state index contributed by atoms with van der Waals surface area (Å²) in [5.41, 5.74) is 0.705. The van der Waals surface area contributed by atoms with Gasteiger partial charge in [0.1, 0.15) is 5.75 Å². The molecule has 0 aliphatic carbocycles. The Morgan fingerprint density at radius 2 is 2.15 bits per heavy atom. The summed E-state index contributed by atoms with van der Waals surface area (Å²) >= 11 is 1.33. The van der Waals surface area contributed by atoms with Gasteiger partial charge in [-0.3, -0.25) is 0 Å². The van der Waals surface area contributed by atoms with Gasteiger partial charge in [0, 0.05) is 17.2 Å². The van der Waals surface area contributed by atoms with E-state index in [1.165, 1.54) is 30.4 Å². The number of hydrogen-bond donors (Lipinski definition) is 0. The van der Waals surface area contributed by atoms with Crippen molar-refractivity contribution in [2.45, 2.75) is 4.90 Å². The Bertz CT molecular complexity index is 776. The fourth-order valence-corrected chi connectivity index (χ4v) is 4.10. The maximum absolute atomic E-state index is 11.8. The normalized spacial score (nSPS) is 17.0. The van der Waals surface area contributed by atoms with Crippen LogP contribution in [0.1, 0.15) is 0 Å². The third-order valence-corrected chi connectivity index (χ3v) is 5.25.